The summed E-state index contributed by atoms with van der Waals surface area (Å²) in [6.45, 7) is 1.50. The van der Waals surface area contributed by atoms with Gasteiger partial charge < -0.3 is 5.11 Å². The van der Waals surface area contributed by atoms with Crippen molar-refractivity contribution in [3.63, 3.8) is 0 Å². The van der Waals surface area contributed by atoms with Crippen LogP contribution in [0.3, 0.4) is 0 Å². The fourth-order valence-corrected chi connectivity index (χ4v) is 0.985. The van der Waals surface area contributed by atoms with Gasteiger partial charge in [-0.1, -0.05) is 6.08 Å². The number of carboxylic acids is 1. The fourth-order valence-electron chi connectivity index (χ4n) is 0.985. The quantitative estimate of drug-likeness (QED) is 0.672. The number of carboxylic acid groups (broad SMARTS) is 1. The highest BCUT2D eigenvalue weighted by Gasteiger charge is 2.02. The standard InChI is InChI=1S/C8H12N2O2/c11-8(12)4-3-7-10-6-2-1-5-9-10/h1-2,5H,3-4,6-7H2,(H,11,12). The monoisotopic (exact) mass is 168 g/mol. The summed E-state index contributed by atoms with van der Waals surface area (Å²) in [6, 6.07) is 0. The second-order valence-corrected chi connectivity index (χ2v) is 2.60. The highest BCUT2D eigenvalue weighted by molar-refractivity contribution is 5.71. The van der Waals surface area contributed by atoms with Crippen molar-refractivity contribution in [1.82, 2.24) is 5.01 Å². The number of hydrogen-bond donors (Lipinski definition) is 1. The van der Waals surface area contributed by atoms with Gasteiger partial charge in [0.1, 0.15) is 0 Å². The Morgan fingerprint density at radius 1 is 1.67 bits per heavy atom. The van der Waals surface area contributed by atoms with E-state index in [-0.39, 0.29) is 6.42 Å². The number of carbonyl (C=O) groups is 1. The molecule has 0 amide bonds. The van der Waals surface area contributed by atoms with Crippen LogP contribution >= 0.6 is 0 Å². The molecule has 1 N–H and O–H groups in total. The molecule has 0 fully saturated rings. The summed E-state index contributed by atoms with van der Waals surface area (Å²) in [5.41, 5.74) is 0. The molecule has 1 aliphatic rings. The van der Waals surface area contributed by atoms with Crippen LogP contribution in [0.2, 0.25) is 0 Å². The maximum atomic E-state index is 10.2. The summed E-state index contributed by atoms with van der Waals surface area (Å²) in [6.07, 6.45) is 6.46. The van der Waals surface area contributed by atoms with Gasteiger partial charge >= 0.3 is 5.97 Å². The Hall–Kier alpha value is -1.32. The Morgan fingerprint density at radius 2 is 2.50 bits per heavy atom. The molecule has 0 bridgehead atoms. The van der Waals surface area contributed by atoms with Gasteiger partial charge in [0.2, 0.25) is 0 Å². The molecule has 0 saturated carbocycles. The first-order valence-electron chi connectivity index (χ1n) is 3.95. The maximum Gasteiger partial charge on any atom is 0.303 e. The average molecular weight is 168 g/mol. The third-order valence-electron chi connectivity index (χ3n) is 1.58. The van der Waals surface area contributed by atoms with Crippen molar-refractivity contribution in [2.75, 3.05) is 13.1 Å². The topological polar surface area (TPSA) is 52.9 Å². The molecule has 0 aromatic heterocycles. The number of aliphatic carboxylic acids is 1. The Balaban J connectivity index is 2.11. The molecule has 1 aliphatic heterocycles. The van der Waals surface area contributed by atoms with E-state index >= 15 is 0 Å². The first-order valence-corrected chi connectivity index (χ1v) is 3.95. The summed E-state index contributed by atoms with van der Waals surface area (Å²) in [5, 5.41) is 14.3. The van der Waals surface area contributed by atoms with E-state index in [2.05, 4.69) is 5.10 Å². The molecule has 1 rings (SSSR count). The molecular formula is C8H12N2O2. The lowest BCUT2D eigenvalue weighted by Crippen LogP contribution is -2.21. The van der Waals surface area contributed by atoms with Gasteiger partial charge in [-0.15, -0.1) is 0 Å². The number of allylic oxidation sites excluding steroid dienone is 1. The van der Waals surface area contributed by atoms with Gasteiger partial charge in [0.25, 0.3) is 0 Å². The van der Waals surface area contributed by atoms with Crippen LogP contribution in [-0.2, 0) is 4.79 Å². The Bertz CT molecular complexity index is 211. The van der Waals surface area contributed by atoms with Gasteiger partial charge in [-0.2, -0.15) is 5.10 Å². The highest BCUT2D eigenvalue weighted by atomic mass is 16.4. The van der Waals surface area contributed by atoms with Gasteiger partial charge in [0.15, 0.2) is 0 Å². The van der Waals surface area contributed by atoms with Crippen LogP contribution in [0.5, 0.6) is 0 Å². The molecule has 4 heteroatoms. The molecule has 4 nitrogen and oxygen atoms in total. The molecule has 0 saturated heterocycles. The van der Waals surface area contributed by atoms with E-state index in [1.807, 2.05) is 17.2 Å². The van der Waals surface area contributed by atoms with Gasteiger partial charge in [0, 0.05) is 19.2 Å². The van der Waals surface area contributed by atoms with Crippen molar-refractivity contribution in [3.8, 4) is 0 Å². The normalized spacial score (nSPS) is 15.2. The van der Waals surface area contributed by atoms with Gasteiger partial charge in [-0.3, -0.25) is 9.80 Å². The first-order chi connectivity index (χ1) is 5.79. The molecule has 66 valence electrons. The summed E-state index contributed by atoms with van der Waals surface area (Å²) >= 11 is 0. The van der Waals surface area contributed by atoms with Crippen molar-refractivity contribution < 1.29 is 9.90 Å². The summed E-state index contributed by atoms with van der Waals surface area (Å²) in [5.74, 6) is -0.744. The lowest BCUT2D eigenvalue weighted by Gasteiger charge is -2.17. The maximum absolute atomic E-state index is 10.2. The van der Waals surface area contributed by atoms with Crippen LogP contribution in [0.4, 0.5) is 0 Å². The van der Waals surface area contributed by atoms with E-state index < -0.39 is 5.97 Å². The molecule has 0 aliphatic carbocycles. The Morgan fingerprint density at radius 3 is 3.08 bits per heavy atom. The minimum atomic E-state index is -0.744. The van der Waals surface area contributed by atoms with Crippen molar-refractivity contribution in [2.24, 2.45) is 5.10 Å². The van der Waals surface area contributed by atoms with E-state index in [0.717, 1.165) is 6.54 Å². The Labute approximate surface area is 71.2 Å². The van der Waals surface area contributed by atoms with Gasteiger partial charge in [0.05, 0.1) is 6.54 Å². The van der Waals surface area contributed by atoms with Crippen molar-refractivity contribution >= 4 is 12.2 Å². The third-order valence-corrected chi connectivity index (χ3v) is 1.58. The van der Waals surface area contributed by atoms with E-state index in [9.17, 15) is 4.79 Å². The molecule has 0 atom stereocenters. The highest BCUT2D eigenvalue weighted by Crippen LogP contribution is 1.98. The number of hydrogen-bond acceptors (Lipinski definition) is 3. The lowest BCUT2D eigenvalue weighted by molar-refractivity contribution is -0.137. The molecule has 0 radical (unpaired) electrons. The second-order valence-electron chi connectivity index (χ2n) is 2.60. The van der Waals surface area contributed by atoms with Crippen molar-refractivity contribution in [1.29, 1.82) is 0 Å². The number of hydrazone groups is 1. The van der Waals surface area contributed by atoms with E-state index in [1.165, 1.54) is 0 Å². The van der Waals surface area contributed by atoms with Gasteiger partial charge in [-0.05, 0) is 12.5 Å². The van der Waals surface area contributed by atoms with Crippen molar-refractivity contribution in [2.45, 2.75) is 12.8 Å². The summed E-state index contributed by atoms with van der Waals surface area (Å²) in [7, 11) is 0. The smallest absolute Gasteiger partial charge is 0.303 e. The predicted octanol–water partition coefficient (Wildman–Crippen LogP) is 0.709. The average Bonchev–Trinajstić information content (AvgIpc) is 2.05. The number of nitrogens with zero attached hydrogens (tertiary/aromatic N) is 2. The zero-order valence-corrected chi connectivity index (χ0v) is 6.81. The minimum absolute atomic E-state index is 0.218. The van der Waals surface area contributed by atoms with Crippen LogP contribution in [-0.4, -0.2) is 35.4 Å². The van der Waals surface area contributed by atoms with Crippen LogP contribution < -0.4 is 0 Å². The SMILES string of the molecule is O=C(O)CCCN1CC=CC=N1. The van der Waals surface area contributed by atoms with Gasteiger partial charge in [-0.25, -0.2) is 0 Å². The van der Waals surface area contributed by atoms with E-state index in [4.69, 9.17) is 5.11 Å². The first kappa shape index (κ1) is 8.77. The van der Waals surface area contributed by atoms with Crippen LogP contribution in [0.15, 0.2) is 17.3 Å². The summed E-state index contributed by atoms with van der Waals surface area (Å²) < 4.78 is 0. The van der Waals surface area contributed by atoms with Crippen LogP contribution in [0, 0.1) is 0 Å². The molecule has 1 heterocycles. The molecule has 12 heavy (non-hydrogen) atoms. The largest absolute Gasteiger partial charge is 0.481 e. The third kappa shape index (κ3) is 3.18. The van der Waals surface area contributed by atoms with Crippen LogP contribution in [0.25, 0.3) is 0 Å². The minimum Gasteiger partial charge on any atom is -0.481 e. The Kier molecular flexibility index (Phi) is 3.32. The van der Waals surface area contributed by atoms with E-state index in [1.54, 1.807) is 6.21 Å². The molecule has 0 spiro atoms. The fraction of sp³-hybridized carbons (Fsp3) is 0.500. The lowest BCUT2D eigenvalue weighted by atomic mass is 10.3. The predicted molar refractivity (Wildman–Crippen MR) is 46.1 cm³/mol. The van der Waals surface area contributed by atoms with Crippen molar-refractivity contribution in [3.05, 3.63) is 12.2 Å². The van der Waals surface area contributed by atoms with Crippen LogP contribution in [0.1, 0.15) is 12.8 Å². The molecule has 0 aromatic carbocycles. The van der Waals surface area contributed by atoms with E-state index in [0.29, 0.717) is 13.0 Å². The number of rotatable bonds is 4. The zero-order chi connectivity index (χ0) is 8.81. The summed E-state index contributed by atoms with van der Waals surface area (Å²) in [4.78, 5) is 10.2. The molecular weight excluding hydrogens is 156 g/mol. The molecule has 0 aromatic rings. The zero-order valence-electron chi connectivity index (χ0n) is 6.81. The second kappa shape index (κ2) is 4.54. The molecule has 0 unspecified atom stereocenters.